The molecule has 8 heteroatoms. The molecule has 1 heterocycles. The fourth-order valence-electron chi connectivity index (χ4n) is 1.95. The molecule has 1 aliphatic heterocycles. The molecule has 2 N–H and O–H groups in total. The van der Waals surface area contributed by atoms with Crippen molar-refractivity contribution in [3.63, 3.8) is 0 Å². The Kier molecular flexibility index (Phi) is 10.5. The summed E-state index contributed by atoms with van der Waals surface area (Å²) in [6.07, 6.45) is 2.74. The van der Waals surface area contributed by atoms with Crippen LogP contribution in [0, 0.1) is 10.8 Å². The number of rotatable bonds is 8. The summed E-state index contributed by atoms with van der Waals surface area (Å²) in [7, 11) is 0. The van der Waals surface area contributed by atoms with E-state index in [-0.39, 0.29) is 25.8 Å². The van der Waals surface area contributed by atoms with E-state index in [0.29, 0.717) is 6.61 Å². The van der Waals surface area contributed by atoms with Crippen LogP contribution in [-0.2, 0) is 28.5 Å². The van der Waals surface area contributed by atoms with Gasteiger partial charge in [0, 0.05) is 0 Å². The first-order valence-electron chi connectivity index (χ1n) is 8.73. The summed E-state index contributed by atoms with van der Waals surface area (Å²) in [6, 6.07) is 0. The lowest BCUT2D eigenvalue weighted by Gasteiger charge is -2.39. The van der Waals surface area contributed by atoms with E-state index in [0.717, 1.165) is 0 Å². The zero-order valence-corrected chi connectivity index (χ0v) is 16.7. The largest absolute Gasteiger partial charge is 0.465 e. The van der Waals surface area contributed by atoms with Crippen LogP contribution in [0.3, 0.4) is 0 Å². The molecule has 0 spiro atoms. The van der Waals surface area contributed by atoms with Crippen LogP contribution in [0.1, 0.15) is 27.7 Å². The molecule has 1 fully saturated rings. The molecular formula is C19H32O8. The number of ether oxygens (including phenoxy) is 4. The Morgan fingerprint density at radius 2 is 1.56 bits per heavy atom. The lowest BCUT2D eigenvalue weighted by molar-refractivity contribution is -0.276. The highest BCUT2D eigenvalue weighted by molar-refractivity contribution is 5.80. The van der Waals surface area contributed by atoms with Crippen LogP contribution in [0.15, 0.2) is 25.3 Å². The summed E-state index contributed by atoms with van der Waals surface area (Å²) < 4.78 is 20.5. The van der Waals surface area contributed by atoms with Crippen molar-refractivity contribution in [1.29, 1.82) is 0 Å². The number of aliphatic hydroxyl groups excluding tert-OH is 2. The zero-order valence-electron chi connectivity index (χ0n) is 16.7. The van der Waals surface area contributed by atoms with Crippen molar-refractivity contribution in [3.8, 4) is 0 Å². The smallest absolute Gasteiger partial charge is 0.320 e. The van der Waals surface area contributed by atoms with Crippen LogP contribution in [0.25, 0.3) is 0 Å². The molecule has 1 aliphatic rings. The maximum absolute atomic E-state index is 11.7. The van der Waals surface area contributed by atoms with Crippen LogP contribution in [0.2, 0.25) is 0 Å². The molecule has 0 aliphatic carbocycles. The number of hydrogen-bond donors (Lipinski definition) is 2. The molecule has 8 nitrogen and oxygen atoms in total. The van der Waals surface area contributed by atoms with Crippen molar-refractivity contribution in [3.05, 3.63) is 25.3 Å². The van der Waals surface area contributed by atoms with Gasteiger partial charge in [-0.1, -0.05) is 12.2 Å². The van der Waals surface area contributed by atoms with Crippen LogP contribution in [0.4, 0.5) is 0 Å². The predicted octanol–water partition coefficient (Wildman–Crippen LogP) is 1.21. The Bertz CT molecular complexity index is 498. The summed E-state index contributed by atoms with van der Waals surface area (Å²) in [4.78, 5) is 22.9. The predicted molar refractivity (Wildman–Crippen MR) is 98.7 cm³/mol. The quantitative estimate of drug-likeness (QED) is 0.471. The fraction of sp³-hybridized carbons (Fsp3) is 0.684. The highest BCUT2D eigenvalue weighted by Crippen LogP contribution is 2.31. The third-order valence-electron chi connectivity index (χ3n) is 4.06. The Hall–Kier alpha value is -1.74. The summed E-state index contributed by atoms with van der Waals surface area (Å²) in [5.74, 6) is -1.63. The van der Waals surface area contributed by atoms with Crippen molar-refractivity contribution in [2.24, 2.45) is 10.8 Å². The lowest BCUT2D eigenvalue weighted by atomic mass is 9.89. The average molecular weight is 388 g/mol. The molecule has 27 heavy (non-hydrogen) atoms. The second-order valence-corrected chi connectivity index (χ2v) is 6.45. The zero-order chi connectivity index (χ0) is 21.1. The molecule has 1 saturated heterocycles. The molecule has 0 atom stereocenters. The first kappa shape index (κ1) is 25.3. The molecule has 0 saturated carbocycles. The molecule has 0 radical (unpaired) electrons. The van der Waals surface area contributed by atoms with Gasteiger partial charge in [0.2, 0.25) is 0 Å². The highest BCUT2D eigenvalue weighted by Gasteiger charge is 2.44. The number of hydrogen-bond acceptors (Lipinski definition) is 8. The molecule has 0 amide bonds. The third kappa shape index (κ3) is 6.73. The average Bonchev–Trinajstić information content (AvgIpc) is 2.65. The SMILES string of the molecule is C=CC(CO)(CO)C(=O)OCC.C=CC1(C(=O)OCC)COC(C)(C)OC1. The molecule has 0 aromatic rings. The molecule has 0 unspecified atom stereocenters. The lowest BCUT2D eigenvalue weighted by Crippen LogP contribution is -2.50. The van der Waals surface area contributed by atoms with E-state index in [2.05, 4.69) is 17.9 Å². The third-order valence-corrected chi connectivity index (χ3v) is 4.06. The normalized spacial score (nSPS) is 17.7. The van der Waals surface area contributed by atoms with E-state index in [9.17, 15) is 9.59 Å². The number of esters is 2. The molecular weight excluding hydrogens is 356 g/mol. The van der Waals surface area contributed by atoms with E-state index in [1.54, 1.807) is 19.9 Å². The van der Waals surface area contributed by atoms with Gasteiger partial charge in [-0.15, -0.1) is 13.2 Å². The van der Waals surface area contributed by atoms with Crippen molar-refractivity contribution >= 4 is 11.9 Å². The Morgan fingerprint density at radius 1 is 1.07 bits per heavy atom. The molecule has 156 valence electrons. The first-order valence-corrected chi connectivity index (χ1v) is 8.73. The van der Waals surface area contributed by atoms with Crippen molar-refractivity contribution in [1.82, 2.24) is 0 Å². The van der Waals surface area contributed by atoms with E-state index in [1.165, 1.54) is 6.08 Å². The number of carbonyl (C=O) groups is 2. The first-order chi connectivity index (χ1) is 12.6. The summed E-state index contributed by atoms with van der Waals surface area (Å²) >= 11 is 0. The second kappa shape index (κ2) is 11.2. The Balaban J connectivity index is 0.000000516. The molecule has 0 aromatic heterocycles. The van der Waals surface area contributed by atoms with Crippen molar-refractivity contribution in [2.75, 3.05) is 39.6 Å². The molecule has 1 rings (SSSR count). The minimum Gasteiger partial charge on any atom is -0.465 e. The van der Waals surface area contributed by atoms with Gasteiger partial charge < -0.3 is 29.2 Å². The second-order valence-electron chi connectivity index (χ2n) is 6.45. The van der Waals surface area contributed by atoms with E-state index in [4.69, 9.17) is 24.4 Å². The van der Waals surface area contributed by atoms with Gasteiger partial charge in [-0.05, 0) is 27.7 Å². The van der Waals surface area contributed by atoms with E-state index < -0.39 is 35.8 Å². The van der Waals surface area contributed by atoms with Crippen LogP contribution in [0.5, 0.6) is 0 Å². The van der Waals surface area contributed by atoms with Gasteiger partial charge in [0.05, 0.1) is 39.6 Å². The van der Waals surface area contributed by atoms with E-state index >= 15 is 0 Å². The van der Waals surface area contributed by atoms with Crippen molar-refractivity contribution in [2.45, 2.75) is 33.5 Å². The maximum atomic E-state index is 11.7. The minimum absolute atomic E-state index is 0.217. The van der Waals surface area contributed by atoms with Crippen molar-refractivity contribution < 1.29 is 38.7 Å². The standard InChI is InChI=1S/C11H18O4.C8H14O4/c1-5-11(9(12)13-6-2)7-14-10(3,4)15-8-11;1-3-8(5-9,6-10)7(11)12-4-2/h5H,1,6-8H2,2-4H3;3,9-10H,1,4-6H2,2H3. The molecule has 0 bridgehead atoms. The van der Waals surface area contributed by atoms with E-state index in [1.807, 2.05) is 13.8 Å². The number of aliphatic hydroxyl groups is 2. The fourth-order valence-corrected chi connectivity index (χ4v) is 1.95. The van der Waals surface area contributed by atoms with Crippen LogP contribution >= 0.6 is 0 Å². The summed E-state index contributed by atoms with van der Waals surface area (Å²) in [5, 5.41) is 17.7. The molecule has 0 aromatic carbocycles. The van der Waals surface area contributed by atoms with Gasteiger partial charge in [0.15, 0.2) is 5.79 Å². The highest BCUT2D eigenvalue weighted by atomic mass is 16.7. The van der Waals surface area contributed by atoms with Gasteiger partial charge in [-0.3, -0.25) is 9.59 Å². The maximum Gasteiger partial charge on any atom is 0.320 e. The number of carbonyl (C=O) groups excluding carboxylic acids is 2. The summed E-state index contributed by atoms with van der Waals surface area (Å²) in [6.45, 7) is 14.1. The van der Waals surface area contributed by atoms with Gasteiger partial charge >= 0.3 is 11.9 Å². The van der Waals surface area contributed by atoms with Crippen LogP contribution < -0.4 is 0 Å². The van der Waals surface area contributed by atoms with Gasteiger partial charge in [0.1, 0.15) is 10.8 Å². The monoisotopic (exact) mass is 388 g/mol. The minimum atomic E-state index is -1.35. The summed E-state index contributed by atoms with van der Waals surface area (Å²) in [5.41, 5.74) is -2.21. The van der Waals surface area contributed by atoms with Crippen LogP contribution in [-0.4, -0.2) is 67.6 Å². The van der Waals surface area contributed by atoms with Gasteiger partial charge in [0.25, 0.3) is 0 Å². The van der Waals surface area contributed by atoms with Gasteiger partial charge in [-0.25, -0.2) is 0 Å². The Labute approximate surface area is 160 Å². The van der Waals surface area contributed by atoms with Gasteiger partial charge in [-0.2, -0.15) is 0 Å². The Morgan fingerprint density at radius 3 is 1.89 bits per heavy atom. The topological polar surface area (TPSA) is 112 Å².